The third-order valence-corrected chi connectivity index (χ3v) is 3.92. The van der Waals surface area contributed by atoms with Crippen LogP contribution in [0, 0.1) is 11.7 Å². The van der Waals surface area contributed by atoms with E-state index in [2.05, 4.69) is 0 Å². The predicted molar refractivity (Wildman–Crippen MR) is 83.0 cm³/mol. The largest absolute Gasteiger partial charge is 0.496 e. The van der Waals surface area contributed by atoms with E-state index in [1.807, 2.05) is 0 Å². The first-order chi connectivity index (χ1) is 11.1. The summed E-state index contributed by atoms with van der Waals surface area (Å²) in [5, 5.41) is 0. The topological polar surface area (TPSA) is 44.8 Å². The van der Waals surface area contributed by atoms with Crippen molar-refractivity contribution in [1.82, 2.24) is 0 Å². The molecule has 5 heteroatoms. The normalized spacial score (nSPS) is 16.5. The number of fused-ring (bicyclic) bond motifs is 1. The van der Waals surface area contributed by atoms with Gasteiger partial charge in [-0.05, 0) is 24.1 Å². The number of carbonyl (C=O) groups excluding carboxylic acids is 1. The predicted octanol–water partition coefficient (Wildman–Crippen LogP) is 3.28. The van der Waals surface area contributed by atoms with E-state index in [9.17, 15) is 9.18 Å². The summed E-state index contributed by atoms with van der Waals surface area (Å²) in [7, 11) is 3.04. The molecule has 23 heavy (non-hydrogen) atoms. The van der Waals surface area contributed by atoms with Crippen LogP contribution in [0.15, 0.2) is 36.4 Å². The summed E-state index contributed by atoms with van der Waals surface area (Å²) in [5.74, 6) is 0.711. The Morgan fingerprint density at radius 2 is 2.04 bits per heavy atom. The number of ether oxygens (including phenoxy) is 3. The van der Waals surface area contributed by atoms with E-state index in [-0.39, 0.29) is 24.1 Å². The van der Waals surface area contributed by atoms with Crippen LogP contribution in [0.5, 0.6) is 17.2 Å². The van der Waals surface area contributed by atoms with E-state index in [1.54, 1.807) is 31.4 Å². The third kappa shape index (κ3) is 2.99. The lowest BCUT2D eigenvalue weighted by Gasteiger charge is -2.26. The molecule has 0 saturated heterocycles. The standard InChI is InChI=1S/C18H17FO4/c1-21-14-8-15(22-2)17-16(9-14)23-10-12(18(17)20)6-11-4-3-5-13(19)7-11/h3-5,7-9,12H,6,10H2,1-2H3. The quantitative estimate of drug-likeness (QED) is 0.868. The Labute approximate surface area is 133 Å². The molecule has 4 nitrogen and oxygen atoms in total. The van der Waals surface area contributed by atoms with Crippen molar-refractivity contribution in [2.75, 3.05) is 20.8 Å². The minimum atomic E-state index is -0.369. The van der Waals surface area contributed by atoms with Gasteiger partial charge in [0.25, 0.3) is 0 Å². The van der Waals surface area contributed by atoms with Crippen molar-refractivity contribution >= 4 is 5.78 Å². The Morgan fingerprint density at radius 3 is 2.74 bits per heavy atom. The lowest BCUT2D eigenvalue weighted by atomic mass is 9.89. The van der Waals surface area contributed by atoms with Gasteiger partial charge >= 0.3 is 0 Å². The van der Waals surface area contributed by atoms with Crippen LogP contribution in [0.4, 0.5) is 4.39 Å². The molecule has 0 spiro atoms. The number of hydrogen-bond donors (Lipinski definition) is 0. The monoisotopic (exact) mass is 316 g/mol. The second kappa shape index (κ2) is 6.28. The fourth-order valence-corrected chi connectivity index (χ4v) is 2.77. The Balaban J connectivity index is 1.91. The van der Waals surface area contributed by atoms with Crippen LogP contribution in [-0.2, 0) is 6.42 Å². The zero-order valence-corrected chi connectivity index (χ0v) is 13.0. The molecule has 0 saturated carbocycles. The van der Waals surface area contributed by atoms with E-state index in [0.29, 0.717) is 29.2 Å². The first-order valence-corrected chi connectivity index (χ1v) is 7.30. The molecular formula is C18H17FO4. The molecule has 0 aromatic heterocycles. The van der Waals surface area contributed by atoms with E-state index >= 15 is 0 Å². The Morgan fingerprint density at radius 1 is 1.22 bits per heavy atom. The second-order valence-electron chi connectivity index (χ2n) is 5.41. The molecule has 120 valence electrons. The van der Waals surface area contributed by atoms with Gasteiger partial charge in [-0.1, -0.05) is 12.1 Å². The van der Waals surface area contributed by atoms with Crippen molar-refractivity contribution in [2.24, 2.45) is 5.92 Å². The molecule has 3 rings (SSSR count). The summed E-state index contributed by atoms with van der Waals surface area (Å²) in [5.41, 5.74) is 1.18. The molecule has 2 aromatic carbocycles. The van der Waals surface area contributed by atoms with Crippen molar-refractivity contribution in [3.63, 3.8) is 0 Å². The number of carbonyl (C=O) groups is 1. The number of methoxy groups -OCH3 is 2. The first-order valence-electron chi connectivity index (χ1n) is 7.30. The van der Waals surface area contributed by atoms with Crippen LogP contribution < -0.4 is 14.2 Å². The number of hydrogen-bond acceptors (Lipinski definition) is 4. The highest BCUT2D eigenvalue weighted by molar-refractivity contribution is 6.04. The van der Waals surface area contributed by atoms with E-state index in [0.717, 1.165) is 5.56 Å². The van der Waals surface area contributed by atoms with Gasteiger partial charge in [-0.3, -0.25) is 4.79 Å². The van der Waals surface area contributed by atoms with Crippen molar-refractivity contribution in [3.8, 4) is 17.2 Å². The molecule has 0 amide bonds. The smallest absolute Gasteiger partial charge is 0.177 e. The number of rotatable bonds is 4. The molecule has 1 heterocycles. The molecular weight excluding hydrogens is 299 g/mol. The van der Waals surface area contributed by atoms with E-state index in [1.165, 1.54) is 19.2 Å². The summed E-state index contributed by atoms with van der Waals surface area (Å²) in [6.07, 6.45) is 0.422. The van der Waals surface area contributed by atoms with Gasteiger partial charge in [0, 0.05) is 12.1 Å². The second-order valence-corrected chi connectivity index (χ2v) is 5.41. The van der Waals surface area contributed by atoms with Gasteiger partial charge in [-0.15, -0.1) is 0 Å². The van der Waals surface area contributed by atoms with Gasteiger partial charge in [-0.2, -0.15) is 0 Å². The first kappa shape index (κ1) is 15.3. The molecule has 0 aliphatic carbocycles. The van der Waals surface area contributed by atoms with Crippen molar-refractivity contribution in [2.45, 2.75) is 6.42 Å². The Bertz CT molecular complexity index is 725. The van der Waals surface area contributed by atoms with Gasteiger partial charge in [-0.25, -0.2) is 4.39 Å². The number of halogens is 1. The Hall–Kier alpha value is -2.56. The molecule has 0 radical (unpaired) electrons. The highest BCUT2D eigenvalue weighted by Crippen LogP contribution is 2.39. The van der Waals surface area contributed by atoms with Crippen LogP contribution in [0.2, 0.25) is 0 Å². The maximum absolute atomic E-state index is 13.3. The minimum Gasteiger partial charge on any atom is -0.496 e. The lowest BCUT2D eigenvalue weighted by Crippen LogP contribution is -2.30. The average Bonchev–Trinajstić information content (AvgIpc) is 2.56. The number of ketones is 1. The van der Waals surface area contributed by atoms with Gasteiger partial charge in [0.2, 0.25) is 0 Å². The van der Waals surface area contributed by atoms with Crippen molar-refractivity contribution in [3.05, 3.63) is 53.3 Å². The molecule has 2 aromatic rings. The van der Waals surface area contributed by atoms with Gasteiger partial charge in [0.05, 0.1) is 26.7 Å². The number of benzene rings is 2. The van der Waals surface area contributed by atoms with Crippen LogP contribution in [0.3, 0.4) is 0 Å². The van der Waals surface area contributed by atoms with Gasteiger partial charge in [0.15, 0.2) is 5.78 Å². The molecule has 0 bridgehead atoms. The highest BCUT2D eigenvalue weighted by Gasteiger charge is 2.32. The maximum Gasteiger partial charge on any atom is 0.177 e. The van der Waals surface area contributed by atoms with Crippen molar-refractivity contribution < 1.29 is 23.4 Å². The summed E-state index contributed by atoms with van der Waals surface area (Å²) in [6, 6.07) is 9.59. The third-order valence-electron chi connectivity index (χ3n) is 3.92. The molecule has 0 fully saturated rings. The van der Waals surface area contributed by atoms with Gasteiger partial charge in [0.1, 0.15) is 28.6 Å². The summed E-state index contributed by atoms with van der Waals surface area (Å²) in [6.45, 7) is 0.249. The average molecular weight is 316 g/mol. The lowest BCUT2D eigenvalue weighted by molar-refractivity contribution is 0.0825. The zero-order chi connectivity index (χ0) is 16.4. The van der Waals surface area contributed by atoms with Crippen LogP contribution in [0.25, 0.3) is 0 Å². The minimum absolute atomic E-state index is 0.0602. The molecule has 1 unspecified atom stereocenters. The fraction of sp³-hybridized carbons (Fsp3) is 0.278. The summed E-state index contributed by atoms with van der Waals surface area (Å²) in [4.78, 5) is 12.8. The zero-order valence-electron chi connectivity index (χ0n) is 13.0. The van der Waals surface area contributed by atoms with Crippen LogP contribution in [-0.4, -0.2) is 26.6 Å². The molecule has 1 aliphatic heterocycles. The SMILES string of the molecule is COc1cc(OC)c2c(c1)OCC(Cc1cccc(F)c1)C2=O. The van der Waals surface area contributed by atoms with Crippen molar-refractivity contribution in [1.29, 1.82) is 0 Å². The molecule has 1 aliphatic rings. The Kier molecular flexibility index (Phi) is 4.19. The number of Topliss-reactive ketones (excluding diaryl/α,β-unsaturated/α-hetero) is 1. The van der Waals surface area contributed by atoms with Crippen LogP contribution in [0.1, 0.15) is 15.9 Å². The summed E-state index contributed by atoms with van der Waals surface area (Å²) >= 11 is 0. The maximum atomic E-state index is 13.3. The summed E-state index contributed by atoms with van der Waals surface area (Å²) < 4.78 is 29.5. The molecule has 1 atom stereocenters. The fourth-order valence-electron chi connectivity index (χ4n) is 2.77. The highest BCUT2D eigenvalue weighted by atomic mass is 19.1. The van der Waals surface area contributed by atoms with E-state index in [4.69, 9.17) is 14.2 Å². The molecule has 0 N–H and O–H groups in total. The van der Waals surface area contributed by atoms with Crippen LogP contribution >= 0.6 is 0 Å². The van der Waals surface area contributed by atoms with Gasteiger partial charge < -0.3 is 14.2 Å². The van der Waals surface area contributed by atoms with E-state index < -0.39 is 0 Å².